The standard InChI is InChI=1S/C12H23NO2/c14-7-2-4-12-3-1-6-13(12)9-11-5-8-15-10-11/h11-12,14H,1-10H2. The van der Waals surface area contributed by atoms with Crippen LogP contribution in [0.2, 0.25) is 0 Å². The van der Waals surface area contributed by atoms with Gasteiger partial charge in [0.2, 0.25) is 0 Å². The Bertz CT molecular complexity index is 180. The first-order chi connectivity index (χ1) is 7.40. The van der Waals surface area contributed by atoms with Crippen molar-refractivity contribution in [1.82, 2.24) is 4.90 Å². The monoisotopic (exact) mass is 213 g/mol. The van der Waals surface area contributed by atoms with Crippen molar-refractivity contribution in [3.63, 3.8) is 0 Å². The van der Waals surface area contributed by atoms with Crippen LogP contribution in [-0.4, -0.2) is 49.0 Å². The van der Waals surface area contributed by atoms with Crippen LogP contribution >= 0.6 is 0 Å². The number of aliphatic hydroxyl groups excluding tert-OH is 1. The van der Waals surface area contributed by atoms with E-state index in [-0.39, 0.29) is 0 Å². The lowest BCUT2D eigenvalue weighted by atomic mass is 10.1. The summed E-state index contributed by atoms with van der Waals surface area (Å²) in [5.74, 6) is 0.764. The molecule has 0 saturated carbocycles. The molecule has 2 rings (SSSR count). The summed E-state index contributed by atoms with van der Waals surface area (Å²) in [7, 11) is 0. The van der Waals surface area contributed by atoms with Crippen molar-refractivity contribution >= 4 is 0 Å². The third kappa shape index (κ3) is 3.16. The van der Waals surface area contributed by atoms with E-state index in [1.165, 1.54) is 38.8 Å². The zero-order valence-electron chi connectivity index (χ0n) is 9.53. The largest absolute Gasteiger partial charge is 0.396 e. The number of aliphatic hydroxyl groups is 1. The molecule has 0 aromatic carbocycles. The lowest BCUT2D eigenvalue weighted by Crippen LogP contribution is -2.34. The van der Waals surface area contributed by atoms with Crippen molar-refractivity contribution in [2.45, 2.75) is 38.1 Å². The molecule has 3 nitrogen and oxygen atoms in total. The van der Waals surface area contributed by atoms with Crippen LogP contribution < -0.4 is 0 Å². The highest BCUT2D eigenvalue weighted by atomic mass is 16.5. The molecule has 0 bridgehead atoms. The molecule has 0 amide bonds. The first kappa shape index (κ1) is 11.4. The molecule has 0 aromatic heterocycles. The number of rotatable bonds is 5. The first-order valence-electron chi connectivity index (χ1n) is 6.33. The Hall–Kier alpha value is -0.120. The number of hydrogen-bond acceptors (Lipinski definition) is 3. The van der Waals surface area contributed by atoms with Crippen molar-refractivity contribution in [2.75, 3.05) is 32.9 Å². The second-order valence-corrected chi connectivity index (χ2v) is 4.89. The average Bonchev–Trinajstić information content (AvgIpc) is 2.87. The molecule has 0 aromatic rings. The van der Waals surface area contributed by atoms with Gasteiger partial charge in [-0.15, -0.1) is 0 Å². The van der Waals surface area contributed by atoms with Gasteiger partial charge in [0.05, 0.1) is 6.61 Å². The van der Waals surface area contributed by atoms with Crippen LogP contribution in [-0.2, 0) is 4.74 Å². The van der Waals surface area contributed by atoms with Crippen LogP contribution in [0, 0.1) is 5.92 Å². The summed E-state index contributed by atoms with van der Waals surface area (Å²) in [5, 5.41) is 8.86. The lowest BCUT2D eigenvalue weighted by molar-refractivity contribution is 0.156. The molecule has 15 heavy (non-hydrogen) atoms. The molecular weight excluding hydrogens is 190 g/mol. The van der Waals surface area contributed by atoms with E-state index in [9.17, 15) is 0 Å². The van der Waals surface area contributed by atoms with E-state index in [1.807, 2.05) is 0 Å². The van der Waals surface area contributed by atoms with Crippen LogP contribution in [0.15, 0.2) is 0 Å². The van der Waals surface area contributed by atoms with Crippen LogP contribution in [0.3, 0.4) is 0 Å². The van der Waals surface area contributed by atoms with Crippen LogP contribution in [0.25, 0.3) is 0 Å². The summed E-state index contributed by atoms with van der Waals surface area (Å²) in [6.07, 6.45) is 6.03. The van der Waals surface area contributed by atoms with Gasteiger partial charge in [0, 0.05) is 25.8 Å². The average molecular weight is 213 g/mol. The molecule has 1 N–H and O–H groups in total. The predicted molar refractivity (Wildman–Crippen MR) is 59.8 cm³/mol. The first-order valence-corrected chi connectivity index (χ1v) is 6.33. The zero-order chi connectivity index (χ0) is 10.5. The topological polar surface area (TPSA) is 32.7 Å². The normalized spacial score (nSPS) is 32.6. The minimum atomic E-state index is 0.344. The second kappa shape index (κ2) is 5.83. The molecule has 2 aliphatic rings. The third-order valence-corrected chi connectivity index (χ3v) is 3.71. The highest BCUT2D eigenvalue weighted by Gasteiger charge is 2.27. The van der Waals surface area contributed by atoms with E-state index in [2.05, 4.69) is 4.90 Å². The van der Waals surface area contributed by atoms with Gasteiger partial charge in [-0.05, 0) is 44.6 Å². The Morgan fingerprint density at radius 2 is 2.27 bits per heavy atom. The van der Waals surface area contributed by atoms with Crippen molar-refractivity contribution in [1.29, 1.82) is 0 Å². The minimum absolute atomic E-state index is 0.344. The van der Waals surface area contributed by atoms with Crippen molar-refractivity contribution in [3.05, 3.63) is 0 Å². The van der Waals surface area contributed by atoms with Gasteiger partial charge in [-0.1, -0.05) is 0 Å². The fraction of sp³-hybridized carbons (Fsp3) is 1.00. The Kier molecular flexibility index (Phi) is 4.42. The van der Waals surface area contributed by atoms with Gasteiger partial charge in [0.25, 0.3) is 0 Å². The minimum Gasteiger partial charge on any atom is -0.396 e. The highest BCUT2D eigenvalue weighted by molar-refractivity contribution is 4.81. The second-order valence-electron chi connectivity index (χ2n) is 4.89. The zero-order valence-corrected chi connectivity index (χ0v) is 9.53. The van der Waals surface area contributed by atoms with Crippen LogP contribution in [0.1, 0.15) is 32.1 Å². The van der Waals surface area contributed by atoms with Crippen LogP contribution in [0.5, 0.6) is 0 Å². The summed E-state index contributed by atoms with van der Waals surface area (Å²) in [5.41, 5.74) is 0. The van der Waals surface area contributed by atoms with Crippen LogP contribution in [0.4, 0.5) is 0 Å². The fourth-order valence-corrected chi connectivity index (χ4v) is 2.85. The number of ether oxygens (including phenoxy) is 1. The summed E-state index contributed by atoms with van der Waals surface area (Å²) >= 11 is 0. The van der Waals surface area contributed by atoms with E-state index in [0.717, 1.165) is 31.6 Å². The number of nitrogens with zero attached hydrogens (tertiary/aromatic N) is 1. The van der Waals surface area contributed by atoms with Crippen molar-refractivity contribution < 1.29 is 9.84 Å². The van der Waals surface area contributed by atoms with E-state index in [4.69, 9.17) is 9.84 Å². The summed E-state index contributed by atoms with van der Waals surface area (Å²) < 4.78 is 5.42. The fourth-order valence-electron chi connectivity index (χ4n) is 2.85. The molecule has 0 spiro atoms. The molecule has 0 radical (unpaired) electrons. The van der Waals surface area contributed by atoms with Gasteiger partial charge in [-0.2, -0.15) is 0 Å². The maximum absolute atomic E-state index is 8.86. The van der Waals surface area contributed by atoms with Crippen molar-refractivity contribution in [2.24, 2.45) is 5.92 Å². The molecule has 2 saturated heterocycles. The molecule has 3 heteroatoms. The molecule has 88 valence electrons. The summed E-state index contributed by atoms with van der Waals surface area (Å²) in [6, 6.07) is 0.734. The Morgan fingerprint density at radius 1 is 1.33 bits per heavy atom. The van der Waals surface area contributed by atoms with E-state index < -0.39 is 0 Å². The number of hydrogen-bond donors (Lipinski definition) is 1. The molecule has 2 heterocycles. The molecule has 2 aliphatic heterocycles. The third-order valence-electron chi connectivity index (χ3n) is 3.71. The van der Waals surface area contributed by atoms with Crippen molar-refractivity contribution in [3.8, 4) is 0 Å². The van der Waals surface area contributed by atoms with E-state index in [1.54, 1.807) is 0 Å². The predicted octanol–water partition coefficient (Wildman–Crippen LogP) is 1.26. The molecule has 2 unspecified atom stereocenters. The van der Waals surface area contributed by atoms with Gasteiger partial charge in [-0.25, -0.2) is 0 Å². The van der Waals surface area contributed by atoms with Gasteiger partial charge < -0.3 is 14.7 Å². The molecule has 2 fully saturated rings. The van der Waals surface area contributed by atoms with Gasteiger partial charge in [0.1, 0.15) is 0 Å². The summed E-state index contributed by atoms with van der Waals surface area (Å²) in [4.78, 5) is 2.62. The molecule has 0 aliphatic carbocycles. The smallest absolute Gasteiger partial charge is 0.0507 e. The highest BCUT2D eigenvalue weighted by Crippen LogP contribution is 2.24. The SMILES string of the molecule is OCCCC1CCCN1CC1CCOC1. The molecular formula is C12H23NO2. The number of likely N-dealkylation sites (tertiary alicyclic amines) is 1. The lowest BCUT2D eigenvalue weighted by Gasteiger charge is -2.26. The van der Waals surface area contributed by atoms with E-state index >= 15 is 0 Å². The van der Waals surface area contributed by atoms with Gasteiger partial charge in [0.15, 0.2) is 0 Å². The Labute approximate surface area is 92.4 Å². The maximum atomic E-state index is 8.86. The Morgan fingerprint density at radius 3 is 3.00 bits per heavy atom. The Balaban J connectivity index is 1.74. The maximum Gasteiger partial charge on any atom is 0.0507 e. The van der Waals surface area contributed by atoms with Gasteiger partial charge in [-0.3, -0.25) is 0 Å². The molecule has 2 atom stereocenters. The van der Waals surface area contributed by atoms with E-state index in [0.29, 0.717) is 6.61 Å². The van der Waals surface area contributed by atoms with Gasteiger partial charge >= 0.3 is 0 Å². The quantitative estimate of drug-likeness (QED) is 0.746. The summed E-state index contributed by atoms with van der Waals surface area (Å²) in [6.45, 7) is 4.74.